The van der Waals surface area contributed by atoms with Gasteiger partial charge in [0.15, 0.2) is 0 Å². The lowest BCUT2D eigenvalue weighted by Crippen LogP contribution is -2.14. The maximum atomic E-state index is 12.4. The van der Waals surface area contributed by atoms with Crippen molar-refractivity contribution >= 4 is 38.9 Å². The summed E-state index contributed by atoms with van der Waals surface area (Å²) in [6.07, 6.45) is 0. The summed E-state index contributed by atoms with van der Waals surface area (Å²) in [6.45, 7) is 1.39. The van der Waals surface area contributed by atoms with Crippen LogP contribution in [0.4, 0.5) is 5.69 Å². The minimum Gasteiger partial charge on any atom is -0.392 e. The van der Waals surface area contributed by atoms with Crippen LogP contribution in [-0.2, 0) is 16.6 Å². The predicted molar refractivity (Wildman–Crippen MR) is 84.4 cm³/mol. The zero-order valence-corrected chi connectivity index (χ0v) is 13.4. The summed E-state index contributed by atoms with van der Waals surface area (Å²) < 4.78 is 27.2. The van der Waals surface area contributed by atoms with Gasteiger partial charge < -0.3 is 5.11 Å². The Hall–Kier alpha value is -1.27. The van der Waals surface area contributed by atoms with E-state index < -0.39 is 10.0 Å². The number of nitrogens with one attached hydrogen (secondary N) is 1. The Morgan fingerprint density at radius 1 is 1.14 bits per heavy atom. The molecule has 0 fully saturated rings. The highest BCUT2D eigenvalue weighted by atomic mass is 35.5. The van der Waals surface area contributed by atoms with E-state index in [2.05, 4.69) is 4.72 Å². The number of hydrogen-bond acceptors (Lipinski definition) is 3. The average molecular weight is 346 g/mol. The maximum Gasteiger partial charge on any atom is 0.261 e. The molecule has 0 aliphatic carbocycles. The maximum absolute atomic E-state index is 12.4. The first kappa shape index (κ1) is 16.1. The molecule has 4 nitrogen and oxygen atoms in total. The predicted octanol–water partition coefficient (Wildman–Crippen LogP) is 3.59. The number of rotatable bonds is 4. The molecule has 0 spiro atoms. The molecule has 0 saturated carbocycles. The third kappa shape index (κ3) is 3.49. The number of sulfonamides is 1. The van der Waals surface area contributed by atoms with Crippen LogP contribution in [0.1, 0.15) is 11.1 Å². The minimum atomic E-state index is -3.78. The second-order valence-electron chi connectivity index (χ2n) is 4.43. The van der Waals surface area contributed by atoms with Gasteiger partial charge in [0.05, 0.1) is 17.2 Å². The Labute approximate surface area is 133 Å². The van der Waals surface area contributed by atoms with Crippen molar-refractivity contribution in [2.24, 2.45) is 0 Å². The Balaban J connectivity index is 2.41. The molecule has 0 bridgehead atoms. The van der Waals surface area contributed by atoms with E-state index in [0.29, 0.717) is 26.9 Å². The lowest BCUT2D eigenvalue weighted by Gasteiger charge is -2.12. The number of benzene rings is 2. The smallest absolute Gasteiger partial charge is 0.261 e. The quantitative estimate of drug-likeness (QED) is 0.889. The van der Waals surface area contributed by atoms with E-state index in [4.69, 9.17) is 28.3 Å². The molecule has 0 aliphatic heterocycles. The van der Waals surface area contributed by atoms with Crippen molar-refractivity contribution in [2.75, 3.05) is 4.72 Å². The Morgan fingerprint density at radius 3 is 2.52 bits per heavy atom. The second-order valence-corrected chi connectivity index (χ2v) is 6.93. The Morgan fingerprint density at radius 2 is 1.86 bits per heavy atom. The van der Waals surface area contributed by atoms with Crippen LogP contribution in [-0.4, -0.2) is 13.5 Å². The van der Waals surface area contributed by atoms with Gasteiger partial charge >= 0.3 is 0 Å². The molecule has 0 aromatic heterocycles. The summed E-state index contributed by atoms with van der Waals surface area (Å²) in [5, 5.41) is 9.95. The van der Waals surface area contributed by atoms with Crippen molar-refractivity contribution in [2.45, 2.75) is 18.4 Å². The normalized spacial score (nSPS) is 11.4. The van der Waals surface area contributed by atoms with Gasteiger partial charge in [0.25, 0.3) is 10.0 Å². The number of aliphatic hydroxyl groups is 1. The lowest BCUT2D eigenvalue weighted by atomic mass is 10.2. The zero-order chi connectivity index (χ0) is 15.6. The van der Waals surface area contributed by atoms with Gasteiger partial charge in [-0.3, -0.25) is 4.72 Å². The fourth-order valence-corrected chi connectivity index (χ4v) is 3.29. The largest absolute Gasteiger partial charge is 0.392 e. The fourth-order valence-electron chi connectivity index (χ4n) is 1.76. The summed E-state index contributed by atoms with van der Waals surface area (Å²) in [5.41, 5.74) is 1.39. The molecule has 0 aliphatic rings. The van der Waals surface area contributed by atoms with E-state index in [1.165, 1.54) is 18.2 Å². The first-order valence-corrected chi connectivity index (χ1v) is 8.26. The highest BCUT2D eigenvalue weighted by Gasteiger charge is 2.17. The van der Waals surface area contributed by atoms with Crippen molar-refractivity contribution in [1.82, 2.24) is 0 Å². The SMILES string of the molecule is Cc1c(Cl)cccc1NS(=O)(=O)c1ccc(Cl)c(CO)c1. The minimum absolute atomic E-state index is 0.0234. The standard InChI is InChI=1S/C14H13Cl2NO3S/c1-9-12(15)3-2-4-14(9)17-21(19,20)11-5-6-13(16)10(7-11)8-18/h2-7,17-18H,8H2,1H3. The van der Waals surface area contributed by atoms with Crippen molar-refractivity contribution < 1.29 is 13.5 Å². The van der Waals surface area contributed by atoms with Gasteiger partial charge in [-0.2, -0.15) is 0 Å². The first-order chi connectivity index (χ1) is 9.85. The van der Waals surface area contributed by atoms with E-state index in [1.54, 1.807) is 25.1 Å². The average Bonchev–Trinajstić information content (AvgIpc) is 2.44. The van der Waals surface area contributed by atoms with Crippen LogP contribution < -0.4 is 4.72 Å². The highest BCUT2D eigenvalue weighted by Crippen LogP contribution is 2.27. The van der Waals surface area contributed by atoms with Crippen LogP contribution in [0.15, 0.2) is 41.3 Å². The van der Waals surface area contributed by atoms with Crippen LogP contribution in [0.5, 0.6) is 0 Å². The van der Waals surface area contributed by atoms with Gasteiger partial charge in [-0.1, -0.05) is 29.3 Å². The number of halogens is 2. The first-order valence-electron chi connectivity index (χ1n) is 6.02. The molecule has 0 unspecified atom stereocenters. The molecule has 2 N–H and O–H groups in total. The number of anilines is 1. The van der Waals surface area contributed by atoms with Crippen molar-refractivity contribution in [1.29, 1.82) is 0 Å². The molecule has 112 valence electrons. The van der Waals surface area contributed by atoms with Crippen LogP contribution in [0.25, 0.3) is 0 Å². The van der Waals surface area contributed by atoms with Gasteiger partial charge in [-0.15, -0.1) is 0 Å². The topological polar surface area (TPSA) is 66.4 Å². The van der Waals surface area contributed by atoms with E-state index >= 15 is 0 Å². The summed E-state index contributed by atoms with van der Waals surface area (Å²) >= 11 is 11.8. The van der Waals surface area contributed by atoms with Gasteiger partial charge in [-0.25, -0.2) is 8.42 Å². The van der Waals surface area contributed by atoms with Crippen molar-refractivity contribution in [3.05, 3.63) is 57.6 Å². The molecule has 0 amide bonds. The fraction of sp³-hybridized carbons (Fsp3) is 0.143. The van der Waals surface area contributed by atoms with Crippen LogP contribution in [0, 0.1) is 6.92 Å². The third-order valence-corrected chi connectivity index (χ3v) is 5.15. The Kier molecular flexibility index (Phi) is 4.78. The number of hydrogen-bond donors (Lipinski definition) is 2. The lowest BCUT2D eigenvalue weighted by molar-refractivity contribution is 0.281. The highest BCUT2D eigenvalue weighted by molar-refractivity contribution is 7.92. The van der Waals surface area contributed by atoms with E-state index in [9.17, 15) is 8.42 Å². The van der Waals surface area contributed by atoms with Gasteiger partial charge in [0.1, 0.15) is 0 Å². The van der Waals surface area contributed by atoms with Crippen LogP contribution >= 0.6 is 23.2 Å². The van der Waals surface area contributed by atoms with Crippen LogP contribution in [0.3, 0.4) is 0 Å². The molecular formula is C14H13Cl2NO3S. The Bertz CT molecular complexity index is 776. The molecule has 7 heteroatoms. The molecule has 0 atom stereocenters. The third-order valence-electron chi connectivity index (χ3n) is 3.01. The molecule has 2 rings (SSSR count). The number of aliphatic hydroxyl groups excluding tert-OH is 1. The molecule has 0 heterocycles. The van der Waals surface area contributed by atoms with E-state index in [-0.39, 0.29) is 11.5 Å². The molecule has 0 radical (unpaired) electrons. The van der Waals surface area contributed by atoms with E-state index in [0.717, 1.165) is 0 Å². The molecular weight excluding hydrogens is 333 g/mol. The molecule has 21 heavy (non-hydrogen) atoms. The monoisotopic (exact) mass is 345 g/mol. The molecule has 2 aromatic rings. The molecule has 2 aromatic carbocycles. The summed E-state index contributed by atoms with van der Waals surface area (Å²) in [5.74, 6) is 0. The summed E-state index contributed by atoms with van der Waals surface area (Å²) in [7, 11) is -3.78. The molecule has 0 saturated heterocycles. The second kappa shape index (κ2) is 6.23. The zero-order valence-electron chi connectivity index (χ0n) is 11.1. The van der Waals surface area contributed by atoms with Gasteiger partial charge in [-0.05, 0) is 48.4 Å². The van der Waals surface area contributed by atoms with Crippen molar-refractivity contribution in [3.63, 3.8) is 0 Å². The van der Waals surface area contributed by atoms with Gasteiger partial charge in [0.2, 0.25) is 0 Å². The summed E-state index contributed by atoms with van der Waals surface area (Å²) in [4.78, 5) is 0.0234. The van der Waals surface area contributed by atoms with Gasteiger partial charge in [0, 0.05) is 10.0 Å². The van der Waals surface area contributed by atoms with Crippen molar-refractivity contribution in [3.8, 4) is 0 Å². The van der Waals surface area contributed by atoms with Crippen LogP contribution in [0.2, 0.25) is 10.0 Å². The summed E-state index contributed by atoms with van der Waals surface area (Å²) in [6, 6.07) is 9.12. The van der Waals surface area contributed by atoms with E-state index in [1.807, 2.05) is 0 Å².